The Balaban J connectivity index is 3.30. The third-order valence-corrected chi connectivity index (χ3v) is 2.23. The highest BCUT2D eigenvalue weighted by Crippen LogP contribution is 2.29. The molecule has 0 unspecified atom stereocenters. The number of hydrogen-bond acceptors (Lipinski definition) is 1. The van der Waals surface area contributed by atoms with Crippen LogP contribution in [0.1, 0.15) is 44.7 Å². The molecule has 0 aromatic heterocycles. The zero-order valence-electron chi connectivity index (χ0n) is 9.76. The lowest BCUT2D eigenvalue weighted by Crippen LogP contribution is -1.91. The largest absolute Gasteiger partial charge is 0.258 e. The van der Waals surface area contributed by atoms with Gasteiger partial charge in [-0.1, -0.05) is 32.0 Å². The molecule has 0 spiro atoms. The van der Waals surface area contributed by atoms with Gasteiger partial charge in [-0.05, 0) is 37.8 Å². The van der Waals surface area contributed by atoms with Crippen LogP contribution in [-0.4, -0.2) is 5.71 Å². The van der Waals surface area contributed by atoms with Gasteiger partial charge in [0.2, 0.25) is 0 Å². The van der Waals surface area contributed by atoms with Crippen LogP contribution in [0.25, 0.3) is 0 Å². The van der Waals surface area contributed by atoms with E-state index in [2.05, 4.69) is 44.0 Å². The van der Waals surface area contributed by atoms with Crippen molar-refractivity contribution in [1.82, 2.24) is 0 Å². The number of para-hydroxylation sites is 1. The number of nitrogens with zero attached hydrogens (tertiary/aromatic N) is 1. The molecular formula is C13H19N. The minimum absolute atomic E-state index is 0.535. The van der Waals surface area contributed by atoms with Gasteiger partial charge in [0.15, 0.2) is 0 Å². The van der Waals surface area contributed by atoms with Gasteiger partial charge in [0, 0.05) is 5.71 Å². The smallest absolute Gasteiger partial charge is 0.0692 e. The van der Waals surface area contributed by atoms with E-state index in [1.54, 1.807) is 0 Å². The van der Waals surface area contributed by atoms with Crippen LogP contribution in [0.2, 0.25) is 0 Å². The quantitative estimate of drug-likeness (QED) is 0.617. The third kappa shape index (κ3) is 2.44. The van der Waals surface area contributed by atoms with Crippen LogP contribution in [0.3, 0.4) is 0 Å². The fourth-order valence-electron chi connectivity index (χ4n) is 1.52. The van der Waals surface area contributed by atoms with Gasteiger partial charge in [-0.2, -0.15) is 0 Å². The van der Waals surface area contributed by atoms with Gasteiger partial charge in [-0.3, -0.25) is 4.99 Å². The van der Waals surface area contributed by atoms with Gasteiger partial charge in [0.25, 0.3) is 0 Å². The van der Waals surface area contributed by atoms with Crippen LogP contribution in [-0.2, 0) is 0 Å². The Morgan fingerprint density at radius 3 is 2.36 bits per heavy atom. The summed E-state index contributed by atoms with van der Waals surface area (Å²) in [5, 5.41) is 0. The molecule has 0 aliphatic rings. The molecule has 1 heteroatoms. The van der Waals surface area contributed by atoms with Gasteiger partial charge < -0.3 is 0 Å². The first-order chi connectivity index (χ1) is 6.52. The molecule has 0 amide bonds. The molecule has 76 valence electrons. The molecule has 1 aromatic carbocycles. The van der Waals surface area contributed by atoms with Crippen LogP contribution >= 0.6 is 0 Å². The molecule has 0 atom stereocenters. The second-order valence-corrected chi connectivity index (χ2v) is 4.23. The molecule has 14 heavy (non-hydrogen) atoms. The maximum Gasteiger partial charge on any atom is 0.0692 e. The monoisotopic (exact) mass is 189 g/mol. The van der Waals surface area contributed by atoms with Crippen molar-refractivity contribution < 1.29 is 0 Å². The fourth-order valence-corrected chi connectivity index (χ4v) is 1.52. The first-order valence-corrected chi connectivity index (χ1v) is 5.13. The first-order valence-electron chi connectivity index (χ1n) is 5.13. The summed E-state index contributed by atoms with van der Waals surface area (Å²) in [7, 11) is 0. The number of rotatable bonds is 2. The van der Waals surface area contributed by atoms with Gasteiger partial charge in [0.1, 0.15) is 0 Å². The molecule has 0 saturated carbocycles. The van der Waals surface area contributed by atoms with E-state index < -0.39 is 0 Å². The molecule has 0 aliphatic heterocycles. The fraction of sp³-hybridized carbons (Fsp3) is 0.462. The second-order valence-electron chi connectivity index (χ2n) is 4.23. The average Bonchev–Trinajstić information content (AvgIpc) is 2.07. The van der Waals surface area contributed by atoms with Gasteiger partial charge in [-0.25, -0.2) is 0 Å². The van der Waals surface area contributed by atoms with Crippen LogP contribution in [0.15, 0.2) is 23.2 Å². The number of aliphatic imine (C=N–C) groups is 1. The van der Waals surface area contributed by atoms with E-state index in [1.165, 1.54) is 11.1 Å². The maximum absolute atomic E-state index is 4.60. The van der Waals surface area contributed by atoms with Gasteiger partial charge in [-0.15, -0.1) is 0 Å². The molecule has 0 aliphatic carbocycles. The zero-order valence-corrected chi connectivity index (χ0v) is 9.76. The topological polar surface area (TPSA) is 12.4 Å². The van der Waals surface area contributed by atoms with E-state index in [-0.39, 0.29) is 0 Å². The average molecular weight is 189 g/mol. The molecule has 0 N–H and O–H groups in total. The Bertz CT molecular complexity index is 344. The summed E-state index contributed by atoms with van der Waals surface area (Å²) in [5.41, 5.74) is 4.87. The van der Waals surface area contributed by atoms with Gasteiger partial charge in [0.05, 0.1) is 5.69 Å². The number of benzene rings is 1. The van der Waals surface area contributed by atoms with Crippen LogP contribution in [0.5, 0.6) is 0 Å². The predicted molar refractivity (Wildman–Crippen MR) is 63.7 cm³/mol. The molecule has 1 nitrogen and oxygen atoms in total. The highest BCUT2D eigenvalue weighted by molar-refractivity contribution is 5.83. The Labute approximate surface area is 86.9 Å². The summed E-state index contributed by atoms with van der Waals surface area (Å²) in [6, 6.07) is 6.39. The summed E-state index contributed by atoms with van der Waals surface area (Å²) >= 11 is 0. The van der Waals surface area contributed by atoms with Crippen LogP contribution in [0.4, 0.5) is 5.69 Å². The minimum atomic E-state index is 0.535. The molecule has 1 aromatic rings. The van der Waals surface area contributed by atoms with Crippen molar-refractivity contribution in [1.29, 1.82) is 0 Å². The van der Waals surface area contributed by atoms with Crippen molar-refractivity contribution in [2.75, 3.05) is 0 Å². The highest BCUT2D eigenvalue weighted by Gasteiger charge is 2.07. The molecule has 0 saturated heterocycles. The van der Waals surface area contributed by atoms with E-state index in [0.717, 1.165) is 11.4 Å². The van der Waals surface area contributed by atoms with Crippen molar-refractivity contribution in [2.24, 2.45) is 4.99 Å². The molecule has 0 heterocycles. The van der Waals surface area contributed by atoms with E-state index in [4.69, 9.17) is 0 Å². The summed E-state index contributed by atoms with van der Waals surface area (Å²) in [6.07, 6.45) is 0. The van der Waals surface area contributed by atoms with Gasteiger partial charge >= 0.3 is 0 Å². The number of hydrogen-bond donors (Lipinski definition) is 0. The summed E-state index contributed by atoms with van der Waals surface area (Å²) in [4.78, 5) is 4.60. The van der Waals surface area contributed by atoms with Crippen molar-refractivity contribution in [3.8, 4) is 0 Å². The summed E-state index contributed by atoms with van der Waals surface area (Å²) in [6.45, 7) is 10.6. The SMILES string of the molecule is CC(C)=Nc1c(C)cccc1C(C)C. The molecular weight excluding hydrogens is 170 g/mol. The van der Waals surface area contributed by atoms with Crippen molar-refractivity contribution >= 4 is 11.4 Å². The van der Waals surface area contributed by atoms with E-state index in [9.17, 15) is 0 Å². The highest BCUT2D eigenvalue weighted by atomic mass is 14.7. The molecule has 0 radical (unpaired) electrons. The summed E-state index contributed by atoms with van der Waals surface area (Å²) < 4.78 is 0. The minimum Gasteiger partial charge on any atom is -0.258 e. The van der Waals surface area contributed by atoms with Crippen molar-refractivity contribution in [3.05, 3.63) is 29.3 Å². The Morgan fingerprint density at radius 1 is 1.21 bits per heavy atom. The zero-order chi connectivity index (χ0) is 10.7. The van der Waals surface area contributed by atoms with Crippen LogP contribution < -0.4 is 0 Å². The lowest BCUT2D eigenvalue weighted by atomic mass is 9.98. The Morgan fingerprint density at radius 2 is 1.86 bits per heavy atom. The standard InChI is InChI=1S/C13H19N/c1-9(2)12-8-6-7-11(5)13(12)14-10(3)4/h6-9H,1-5H3. The Kier molecular flexibility index (Phi) is 3.45. The molecule has 0 fully saturated rings. The van der Waals surface area contributed by atoms with Crippen molar-refractivity contribution in [2.45, 2.75) is 40.5 Å². The van der Waals surface area contributed by atoms with E-state index in [1.807, 2.05) is 13.8 Å². The molecule has 0 bridgehead atoms. The maximum atomic E-state index is 4.60. The van der Waals surface area contributed by atoms with Crippen LogP contribution in [0, 0.1) is 6.92 Å². The predicted octanol–water partition coefficient (Wildman–Crippen LogP) is 4.23. The van der Waals surface area contributed by atoms with Crippen molar-refractivity contribution in [3.63, 3.8) is 0 Å². The normalized spacial score (nSPS) is 10.4. The summed E-state index contributed by atoms with van der Waals surface area (Å²) in [5.74, 6) is 0.535. The number of aryl methyl sites for hydroxylation is 1. The van der Waals surface area contributed by atoms with E-state index >= 15 is 0 Å². The van der Waals surface area contributed by atoms with E-state index in [0.29, 0.717) is 5.92 Å². The first kappa shape index (κ1) is 11.0. The Hall–Kier alpha value is -1.11. The molecule has 1 rings (SSSR count). The lowest BCUT2D eigenvalue weighted by molar-refractivity contribution is 0.865. The lowest BCUT2D eigenvalue weighted by Gasteiger charge is -2.11. The second kappa shape index (κ2) is 4.41. The third-order valence-electron chi connectivity index (χ3n) is 2.23.